The largest absolute Gasteiger partial charge is 0.493 e. The van der Waals surface area contributed by atoms with Gasteiger partial charge in [0.15, 0.2) is 18.1 Å². The van der Waals surface area contributed by atoms with E-state index in [0.717, 1.165) is 12.0 Å². The number of nitrogens with two attached hydrogens (primary N) is 1. The lowest BCUT2D eigenvalue weighted by molar-refractivity contribution is -0.123. The van der Waals surface area contributed by atoms with E-state index in [0.29, 0.717) is 24.6 Å². The Bertz CT molecular complexity index is 372. The molecule has 1 rings (SSSR count). The molecule has 1 amide bonds. The Kier molecular flexibility index (Phi) is 6.00. The molecule has 0 heterocycles. The fraction of sp³-hybridized carbons (Fsp3) is 0.462. The first-order chi connectivity index (χ1) is 8.72. The van der Waals surface area contributed by atoms with Gasteiger partial charge in [-0.15, -0.1) is 0 Å². The Labute approximate surface area is 107 Å². The molecule has 100 valence electrons. The highest BCUT2D eigenvalue weighted by Crippen LogP contribution is 2.30. The molecule has 18 heavy (non-hydrogen) atoms. The van der Waals surface area contributed by atoms with Crippen LogP contribution in [0.25, 0.3) is 0 Å². The molecular formula is C13H20N2O3. The number of ether oxygens (including phenoxy) is 2. The highest BCUT2D eigenvalue weighted by molar-refractivity contribution is 5.77. The maximum atomic E-state index is 11.5. The summed E-state index contributed by atoms with van der Waals surface area (Å²) in [6, 6.07) is 5.46. The number of carbonyl (C=O) groups is 1. The van der Waals surface area contributed by atoms with Gasteiger partial charge in [-0.3, -0.25) is 4.79 Å². The summed E-state index contributed by atoms with van der Waals surface area (Å²) in [5, 5.41) is 2.74. The fourth-order valence-corrected chi connectivity index (χ4v) is 1.50. The zero-order valence-corrected chi connectivity index (χ0v) is 10.9. The standard InChI is InChI=1S/C13H20N2O3/c1-3-7-15-12(16)9-18-13-10(8-14)5-4-6-11(13)17-2/h4-6H,3,7-9,14H2,1-2H3,(H,15,16). The second kappa shape index (κ2) is 7.55. The molecule has 0 aromatic heterocycles. The third-order valence-corrected chi connectivity index (χ3v) is 2.42. The van der Waals surface area contributed by atoms with Crippen LogP contribution in [0.3, 0.4) is 0 Å². The van der Waals surface area contributed by atoms with E-state index in [1.165, 1.54) is 0 Å². The average molecular weight is 252 g/mol. The number of benzene rings is 1. The number of para-hydroxylation sites is 1. The lowest BCUT2D eigenvalue weighted by atomic mass is 10.2. The van der Waals surface area contributed by atoms with E-state index in [2.05, 4.69) is 5.32 Å². The molecule has 1 aromatic carbocycles. The molecule has 0 spiro atoms. The highest BCUT2D eigenvalue weighted by Gasteiger charge is 2.11. The number of hydrogen-bond acceptors (Lipinski definition) is 4. The lowest BCUT2D eigenvalue weighted by Gasteiger charge is -2.13. The van der Waals surface area contributed by atoms with E-state index in [-0.39, 0.29) is 12.5 Å². The molecule has 0 unspecified atom stereocenters. The van der Waals surface area contributed by atoms with Crippen molar-refractivity contribution in [1.29, 1.82) is 0 Å². The second-order valence-electron chi connectivity index (χ2n) is 3.79. The van der Waals surface area contributed by atoms with Gasteiger partial charge in [0.05, 0.1) is 7.11 Å². The van der Waals surface area contributed by atoms with E-state index in [1.807, 2.05) is 19.1 Å². The number of methoxy groups -OCH3 is 1. The van der Waals surface area contributed by atoms with Gasteiger partial charge < -0.3 is 20.5 Å². The van der Waals surface area contributed by atoms with Crippen LogP contribution in [-0.4, -0.2) is 26.2 Å². The number of nitrogens with one attached hydrogen (secondary N) is 1. The topological polar surface area (TPSA) is 73.6 Å². The summed E-state index contributed by atoms with van der Waals surface area (Å²) in [5.74, 6) is 0.973. The molecule has 0 radical (unpaired) electrons. The van der Waals surface area contributed by atoms with Crippen molar-refractivity contribution >= 4 is 5.91 Å². The predicted octanol–water partition coefficient (Wildman–Crippen LogP) is 1.06. The van der Waals surface area contributed by atoms with Crippen LogP contribution in [0.15, 0.2) is 18.2 Å². The van der Waals surface area contributed by atoms with Crippen LogP contribution >= 0.6 is 0 Å². The van der Waals surface area contributed by atoms with E-state index in [1.54, 1.807) is 13.2 Å². The van der Waals surface area contributed by atoms with E-state index < -0.39 is 0 Å². The monoisotopic (exact) mass is 252 g/mol. The molecule has 1 aromatic rings. The maximum Gasteiger partial charge on any atom is 0.257 e. The number of carbonyl (C=O) groups excluding carboxylic acids is 1. The molecule has 0 atom stereocenters. The van der Waals surface area contributed by atoms with Crippen molar-refractivity contribution in [3.63, 3.8) is 0 Å². The Hall–Kier alpha value is -1.75. The van der Waals surface area contributed by atoms with Crippen LogP contribution in [-0.2, 0) is 11.3 Å². The van der Waals surface area contributed by atoms with Gasteiger partial charge in [0.2, 0.25) is 0 Å². The molecule has 0 aliphatic rings. The highest BCUT2D eigenvalue weighted by atomic mass is 16.5. The van der Waals surface area contributed by atoms with Gasteiger partial charge >= 0.3 is 0 Å². The zero-order valence-electron chi connectivity index (χ0n) is 10.9. The number of rotatable bonds is 7. The van der Waals surface area contributed by atoms with E-state index in [9.17, 15) is 4.79 Å². The molecule has 3 N–H and O–H groups in total. The molecule has 0 aliphatic heterocycles. The minimum atomic E-state index is -0.147. The SMILES string of the molecule is CCCNC(=O)COc1c(CN)cccc1OC. The predicted molar refractivity (Wildman–Crippen MR) is 69.7 cm³/mol. The summed E-state index contributed by atoms with van der Waals surface area (Å²) < 4.78 is 10.7. The molecule has 0 bridgehead atoms. The van der Waals surface area contributed by atoms with Crippen molar-refractivity contribution in [2.75, 3.05) is 20.3 Å². The maximum absolute atomic E-state index is 11.5. The van der Waals surface area contributed by atoms with Gasteiger partial charge in [-0.2, -0.15) is 0 Å². The minimum Gasteiger partial charge on any atom is -0.493 e. The fourth-order valence-electron chi connectivity index (χ4n) is 1.50. The van der Waals surface area contributed by atoms with Crippen LogP contribution in [0.2, 0.25) is 0 Å². The molecule has 0 saturated heterocycles. The van der Waals surface area contributed by atoms with Crippen LogP contribution in [0.1, 0.15) is 18.9 Å². The van der Waals surface area contributed by atoms with Crippen LogP contribution < -0.4 is 20.5 Å². The van der Waals surface area contributed by atoms with Gasteiger partial charge in [-0.25, -0.2) is 0 Å². The first-order valence-corrected chi connectivity index (χ1v) is 5.98. The third kappa shape index (κ3) is 3.92. The van der Waals surface area contributed by atoms with Gasteiger partial charge in [0, 0.05) is 18.7 Å². The van der Waals surface area contributed by atoms with Crippen molar-refractivity contribution in [2.45, 2.75) is 19.9 Å². The Morgan fingerprint density at radius 1 is 1.44 bits per heavy atom. The first kappa shape index (κ1) is 14.3. The van der Waals surface area contributed by atoms with Crippen LogP contribution in [0.4, 0.5) is 0 Å². The Morgan fingerprint density at radius 2 is 2.22 bits per heavy atom. The van der Waals surface area contributed by atoms with Gasteiger partial charge in [-0.05, 0) is 12.5 Å². The molecular weight excluding hydrogens is 232 g/mol. The first-order valence-electron chi connectivity index (χ1n) is 5.98. The van der Waals surface area contributed by atoms with Gasteiger partial charge in [0.25, 0.3) is 5.91 Å². The van der Waals surface area contributed by atoms with Crippen molar-refractivity contribution < 1.29 is 14.3 Å². The van der Waals surface area contributed by atoms with Crippen molar-refractivity contribution in [3.05, 3.63) is 23.8 Å². The number of amides is 1. The quantitative estimate of drug-likeness (QED) is 0.761. The van der Waals surface area contributed by atoms with Gasteiger partial charge in [0.1, 0.15) is 0 Å². The summed E-state index contributed by atoms with van der Waals surface area (Å²) in [6.45, 7) is 2.95. The van der Waals surface area contributed by atoms with Gasteiger partial charge in [-0.1, -0.05) is 19.1 Å². The summed E-state index contributed by atoms with van der Waals surface area (Å²) >= 11 is 0. The summed E-state index contributed by atoms with van der Waals surface area (Å²) in [7, 11) is 1.56. The van der Waals surface area contributed by atoms with Crippen molar-refractivity contribution in [2.24, 2.45) is 5.73 Å². The normalized spacial score (nSPS) is 9.94. The lowest BCUT2D eigenvalue weighted by Crippen LogP contribution is -2.29. The second-order valence-corrected chi connectivity index (χ2v) is 3.79. The van der Waals surface area contributed by atoms with Crippen molar-refractivity contribution in [3.8, 4) is 11.5 Å². The molecule has 5 heteroatoms. The van der Waals surface area contributed by atoms with E-state index >= 15 is 0 Å². The van der Waals surface area contributed by atoms with Crippen LogP contribution in [0.5, 0.6) is 11.5 Å². The smallest absolute Gasteiger partial charge is 0.257 e. The molecule has 5 nitrogen and oxygen atoms in total. The average Bonchev–Trinajstić information content (AvgIpc) is 2.42. The van der Waals surface area contributed by atoms with Crippen molar-refractivity contribution in [1.82, 2.24) is 5.32 Å². The summed E-state index contributed by atoms with van der Waals surface area (Å²) in [6.07, 6.45) is 0.897. The Balaban J connectivity index is 2.68. The summed E-state index contributed by atoms with van der Waals surface area (Å²) in [4.78, 5) is 11.5. The molecule has 0 saturated carbocycles. The molecule has 0 fully saturated rings. The minimum absolute atomic E-state index is 0.0344. The van der Waals surface area contributed by atoms with E-state index in [4.69, 9.17) is 15.2 Å². The summed E-state index contributed by atoms with van der Waals surface area (Å²) in [5.41, 5.74) is 6.44. The third-order valence-electron chi connectivity index (χ3n) is 2.42. The van der Waals surface area contributed by atoms with Crippen LogP contribution in [0, 0.1) is 0 Å². The molecule has 0 aliphatic carbocycles. The Morgan fingerprint density at radius 3 is 2.83 bits per heavy atom. The zero-order chi connectivity index (χ0) is 13.4. The number of hydrogen-bond donors (Lipinski definition) is 2.